The van der Waals surface area contributed by atoms with Gasteiger partial charge in [-0.15, -0.1) is 0 Å². The summed E-state index contributed by atoms with van der Waals surface area (Å²) in [7, 11) is 1.71. The summed E-state index contributed by atoms with van der Waals surface area (Å²) < 4.78 is 26.7. The van der Waals surface area contributed by atoms with E-state index in [0.717, 1.165) is 25.0 Å². The van der Waals surface area contributed by atoms with Crippen LogP contribution in [0.2, 0.25) is 0 Å². The van der Waals surface area contributed by atoms with Crippen molar-refractivity contribution in [1.82, 2.24) is 14.9 Å². The highest BCUT2D eigenvalue weighted by Crippen LogP contribution is 2.19. The minimum absolute atomic E-state index is 0.0414. The van der Waals surface area contributed by atoms with E-state index in [1.165, 1.54) is 6.07 Å². The average Bonchev–Trinajstić information content (AvgIpc) is 2.54. The van der Waals surface area contributed by atoms with Crippen molar-refractivity contribution in [3.8, 4) is 0 Å². The maximum absolute atomic E-state index is 13.7. The first-order valence-corrected chi connectivity index (χ1v) is 7.74. The Labute approximate surface area is 139 Å². The van der Waals surface area contributed by atoms with Crippen LogP contribution >= 0.6 is 0 Å². The zero-order chi connectivity index (χ0) is 17.7. The average molecular weight is 334 g/mol. The second-order valence-corrected chi connectivity index (χ2v) is 5.55. The van der Waals surface area contributed by atoms with Crippen molar-refractivity contribution in [2.24, 2.45) is 0 Å². The summed E-state index contributed by atoms with van der Waals surface area (Å²) in [5.41, 5.74) is 0.841. The van der Waals surface area contributed by atoms with E-state index in [0.29, 0.717) is 12.2 Å². The second-order valence-electron chi connectivity index (χ2n) is 5.55. The number of amides is 1. The number of carbonyl (C=O) groups is 1. The number of carbonyl (C=O) groups excluding carboxylic acids is 1. The van der Waals surface area contributed by atoms with Crippen molar-refractivity contribution in [2.45, 2.75) is 26.7 Å². The molecule has 0 aliphatic carbocycles. The van der Waals surface area contributed by atoms with Crippen molar-refractivity contribution in [3.05, 3.63) is 47.3 Å². The fourth-order valence-corrected chi connectivity index (χ4v) is 2.14. The van der Waals surface area contributed by atoms with Crippen LogP contribution in [0.5, 0.6) is 0 Å². The number of nitrogens with zero attached hydrogens (tertiary/aromatic N) is 3. The molecule has 0 saturated carbocycles. The number of unbranched alkanes of at least 4 members (excludes halogenated alkanes) is 1. The van der Waals surface area contributed by atoms with Gasteiger partial charge in [0.15, 0.2) is 0 Å². The van der Waals surface area contributed by atoms with Crippen LogP contribution < -0.4 is 5.32 Å². The first-order chi connectivity index (χ1) is 11.4. The minimum atomic E-state index is -0.756. The number of halogens is 2. The zero-order valence-corrected chi connectivity index (χ0v) is 13.9. The monoisotopic (exact) mass is 334 g/mol. The van der Waals surface area contributed by atoms with Crippen molar-refractivity contribution < 1.29 is 13.6 Å². The molecular weight excluding hydrogens is 314 g/mol. The lowest BCUT2D eigenvalue weighted by atomic mass is 10.2. The van der Waals surface area contributed by atoms with Crippen LogP contribution in [-0.4, -0.2) is 34.4 Å². The Morgan fingerprint density at radius 3 is 2.67 bits per heavy atom. The highest BCUT2D eigenvalue weighted by molar-refractivity contribution is 5.92. The summed E-state index contributed by atoms with van der Waals surface area (Å²) >= 11 is 0. The van der Waals surface area contributed by atoms with Crippen LogP contribution in [0.15, 0.2) is 24.3 Å². The molecule has 0 unspecified atom stereocenters. The molecule has 1 heterocycles. The molecule has 1 aromatic heterocycles. The van der Waals surface area contributed by atoms with Gasteiger partial charge in [-0.25, -0.2) is 18.7 Å². The van der Waals surface area contributed by atoms with Crippen LogP contribution in [0.1, 0.15) is 35.9 Å². The summed E-state index contributed by atoms with van der Waals surface area (Å²) in [6.07, 6.45) is 1.88. The number of benzene rings is 1. The molecule has 0 atom stereocenters. The van der Waals surface area contributed by atoms with Crippen LogP contribution in [0, 0.1) is 18.6 Å². The van der Waals surface area contributed by atoms with Gasteiger partial charge in [0.05, 0.1) is 5.69 Å². The van der Waals surface area contributed by atoms with E-state index < -0.39 is 11.6 Å². The topological polar surface area (TPSA) is 58.1 Å². The van der Waals surface area contributed by atoms with Crippen molar-refractivity contribution in [1.29, 1.82) is 0 Å². The molecule has 128 valence electrons. The van der Waals surface area contributed by atoms with Crippen LogP contribution in [0.3, 0.4) is 0 Å². The van der Waals surface area contributed by atoms with Crippen molar-refractivity contribution in [3.63, 3.8) is 0 Å². The fraction of sp³-hybridized carbons (Fsp3) is 0.353. The molecule has 2 rings (SSSR count). The molecule has 0 bridgehead atoms. The van der Waals surface area contributed by atoms with Gasteiger partial charge < -0.3 is 10.2 Å². The molecule has 0 radical (unpaired) electrons. The summed E-state index contributed by atoms with van der Waals surface area (Å²) in [6, 6.07) is 4.73. The first-order valence-electron chi connectivity index (χ1n) is 7.74. The Bertz CT molecular complexity index is 737. The molecule has 0 spiro atoms. The lowest BCUT2D eigenvalue weighted by Gasteiger charge is -2.17. The first kappa shape index (κ1) is 17.8. The quantitative estimate of drug-likeness (QED) is 0.875. The Kier molecular flexibility index (Phi) is 5.78. The highest BCUT2D eigenvalue weighted by Gasteiger charge is 2.15. The Hall–Kier alpha value is -2.57. The third-order valence-electron chi connectivity index (χ3n) is 3.44. The van der Waals surface area contributed by atoms with E-state index in [4.69, 9.17) is 0 Å². The smallest absolute Gasteiger partial charge is 0.272 e. The van der Waals surface area contributed by atoms with Crippen LogP contribution in [-0.2, 0) is 0 Å². The Morgan fingerprint density at radius 2 is 2.00 bits per heavy atom. The molecule has 0 aliphatic heterocycles. The van der Waals surface area contributed by atoms with Gasteiger partial charge in [0.25, 0.3) is 5.91 Å². The summed E-state index contributed by atoms with van der Waals surface area (Å²) in [5, 5.41) is 2.68. The SMILES string of the molecule is CCCCN(C)C(=O)c1cc(C)nc(Nc2ccc(F)cc2F)n1. The molecule has 0 saturated heterocycles. The number of aryl methyl sites for hydroxylation is 1. The van der Waals surface area contributed by atoms with Gasteiger partial charge in [-0.3, -0.25) is 4.79 Å². The molecular formula is C17H20F2N4O. The maximum Gasteiger partial charge on any atom is 0.272 e. The highest BCUT2D eigenvalue weighted by atomic mass is 19.1. The molecule has 7 heteroatoms. The Morgan fingerprint density at radius 1 is 1.25 bits per heavy atom. The molecule has 2 aromatic rings. The van der Waals surface area contributed by atoms with E-state index in [1.54, 1.807) is 24.9 Å². The van der Waals surface area contributed by atoms with Crippen molar-refractivity contribution in [2.75, 3.05) is 18.9 Å². The van der Waals surface area contributed by atoms with Gasteiger partial charge >= 0.3 is 0 Å². The minimum Gasteiger partial charge on any atom is -0.340 e. The second kappa shape index (κ2) is 7.81. The van der Waals surface area contributed by atoms with Crippen LogP contribution in [0.25, 0.3) is 0 Å². The zero-order valence-electron chi connectivity index (χ0n) is 13.9. The predicted molar refractivity (Wildman–Crippen MR) is 88.3 cm³/mol. The summed E-state index contributed by atoms with van der Waals surface area (Å²) in [5.74, 6) is -1.56. The number of anilines is 2. The third kappa shape index (κ3) is 4.47. The molecule has 1 aromatic carbocycles. The molecule has 0 fully saturated rings. The van der Waals surface area contributed by atoms with Crippen LogP contribution in [0.4, 0.5) is 20.4 Å². The van der Waals surface area contributed by atoms with E-state index in [1.807, 2.05) is 6.92 Å². The van der Waals surface area contributed by atoms with E-state index >= 15 is 0 Å². The van der Waals surface area contributed by atoms with E-state index in [-0.39, 0.29) is 23.2 Å². The summed E-state index contributed by atoms with van der Waals surface area (Å²) in [4.78, 5) is 22.3. The van der Waals surface area contributed by atoms with Gasteiger partial charge in [0.2, 0.25) is 5.95 Å². The number of aromatic nitrogens is 2. The van der Waals surface area contributed by atoms with Gasteiger partial charge in [-0.2, -0.15) is 0 Å². The fourth-order valence-electron chi connectivity index (χ4n) is 2.14. The molecule has 24 heavy (non-hydrogen) atoms. The predicted octanol–water partition coefficient (Wildman–Crippen LogP) is 3.68. The standard InChI is InChI=1S/C17H20F2N4O/c1-4-5-8-23(3)16(24)15-9-11(2)20-17(22-15)21-14-7-6-12(18)10-13(14)19/h6-7,9-10H,4-5,8H2,1-3H3,(H,20,21,22). The van der Waals surface area contributed by atoms with E-state index in [9.17, 15) is 13.6 Å². The largest absolute Gasteiger partial charge is 0.340 e. The van der Waals surface area contributed by atoms with Gasteiger partial charge in [-0.05, 0) is 31.5 Å². The van der Waals surface area contributed by atoms with Crippen molar-refractivity contribution >= 4 is 17.5 Å². The normalized spacial score (nSPS) is 10.5. The summed E-state index contributed by atoms with van der Waals surface area (Å²) in [6.45, 7) is 4.40. The molecule has 5 nitrogen and oxygen atoms in total. The number of nitrogens with one attached hydrogen (secondary N) is 1. The van der Waals surface area contributed by atoms with Gasteiger partial charge in [0, 0.05) is 25.4 Å². The van der Waals surface area contributed by atoms with Gasteiger partial charge in [0.1, 0.15) is 17.3 Å². The lowest BCUT2D eigenvalue weighted by Crippen LogP contribution is -2.28. The number of rotatable bonds is 6. The molecule has 1 N–H and O–H groups in total. The Balaban J connectivity index is 2.23. The molecule has 0 aliphatic rings. The number of hydrogen-bond donors (Lipinski definition) is 1. The molecule has 1 amide bonds. The third-order valence-corrected chi connectivity index (χ3v) is 3.44. The lowest BCUT2D eigenvalue weighted by molar-refractivity contribution is 0.0787. The maximum atomic E-state index is 13.7. The van der Waals surface area contributed by atoms with E-state index in [2.05, 4.69) is 15.3 Å². The number of hydrogen-bond acceptors (Lipinski definition) is 4. The van der Waals surface area contributed by atoms with Gasteiger partial charge in [-0.1, -0.05) is 13.3 Å².